The van der Waals surface area contributed by atoms with Crippen LogP contribution in [-0.2, 0) is 51.2 Å². The van der Waals surface area contributed by atoms with Crippen LogP contribution < -0.4 is 65.1 Å². The molecule has 1 fully saturated rings. The SMILES string of the molecule is CC(=O)N[C@@H](CCCNC(=N)N)C(=O)N[C@H]1CCSSC[C@@H](C(N)=O)NC(=O)[C@H](Cc2c[nH]c3ccccc23)NC(=O)[C@H](CCCNC(=N)N)NC(=O)[C@@H](Cc2ccccc2)NC(=O)[C@H](C(C)C)NC1=O. The van der Waals surface area contributed by atoms with Crippen molar-refractivity contribution in [1.29, 1.82) is 10.8 Å². The van der Waals surface area contributed by atoms with E-state index >= 15 is 0 Å². The number of fused-ring (bicyclic) bond motifs is 1. The number of H-pyrrole nitrogens is 1. The summed E-state index contributed by atoms with van der Waals surface area (Å²) in [6.07, 6.45) is 2.25. The maximum Gasteiger partial charge on any atom is 0.243 e. The number of hydrogen-bond acceptors (Lipinski definition) is 12. The lowest BCUT2D eigenvalue weighted by molar-refractivity contribution is -0.136. The van der Waals surface area contributed by atoms with Crippen LogP contribution in [0.3, 0.4) is 0 Å². The maximum atomic E-state index is 14.5. The second kappa shape index (κ2) is 28.6. The molecule has 1 saturated heterocycles. The molecule has 1 aromatic heterocycles. The van der Waals surface area contributed by atoms with Crippen LogP contribution in [-0.4, -0.2) is 131 Å². The minimum atomic E-state index is -1.32. The number of nitrogens with one attached hydrogen (secondary N) is 12. The van der Waals surface area contributed by atoms with Crippen molar-refractivity contribution < 1.29 is 38.4 Å². The molecule has 1 aliphatic heterocycles. The van der Waals surface area contributed by atoms with Crippen LogP contribution in [0, 0.1) is 16.7 Å². The van der Waals surface area contributed by atoms with Gasteiger partial charge in [-0.2, -0.15) is 0 Å². The molecule has 0 aliphatic carbocycles. The van der Waals surface area contributed by atoms with Crippen LogP contribution in [0.25, 0.3) is 10.9 Å². The molecular formula is C46H67N15O8S2. The molecule has 386 valence electrons. The number of amides is 8. The van der Waals surface area contributed by atoms with Gasteiger partial charge < -0.3 is 70.0 Å². The van der Waals surface area contributed by atoms with Gasteiger partial charge in [0.2, 0.25) is 47.3 Å². The molecule has 0 spiro atoms. The highest BCUT2D eigenvalue weighted by molar-refractivity contribution is 8.76. The van der Waals surface area contributed by atoms with Crippen LogP contribution in [0.4, 0.5) is 0 Å². The molecule has 18 N–H and O–H groups in total. The third-order valence-corrected chi connectivity index (χ3v) is 13.7. The van der Waals surface area contributed by atoms with E-state index in [1.165, 1.54) is 17.7 Å². The average Bonchev–Trinajstić information content (AvgIpc) is 3.72. The van der Waals surface area contributed by atoms with Crippen molar-refractivity contribution in [2.75, 3.05) is 24.6 Å². The van der Waals surface area contributed by atoms with Gasteiger partial charge in [0.05, 0.1) is 0 Å². The number of carbonyl (C=O) groups excluding carboxylic acids is 8. The van der Waals surface area contributed by atoms with E-state index in [2.05, 4.69) is 52.8 Å². The molecule has 2 heterocycles. The lowest BCUT2D eigenvalue weighted by Gasteiger charge is -2.29. The number of para-hydroxylation sites is 1. The van der Waals surface area contributed by atoms with E-state index in [1.54, 1.807) is 50.4 Å². The smallest absolute Gasteiger partial charge is 0.243 e. The molecule has 0 unspecified atom stereocenters. The van der Waals surface area contributed by atoms with E-state index in [0.29, 0.717) is 17.5 Å². The zero-order chi connectivity index (χ0) is 52.0. The van der Waals surface area contributed by atoms with Gasteiger partial charge >= 0.3 is 0 Å². The Labute approximate surface area is 419 Å². The average molecular weight is 1020 g/mol. The highest BCUT2D eigenvalue weighted by Gasteiger charge is 2.35. The van der Waals surface area contributed by atoms with Crippen molar-refractivity contribution in [2.45, 2.75) is 108 Å². The van der Waals surface area contributed by atoms with Crippen LogP contribution in [0.5, 0.6) is 0 Å². The van der Waals surface area contributed by atoms with E-state index in [4.69, 9.17) is 28.0 Å². The molecule has 8 amide bonds. The standard InChI is InChI=1S/C46H67N15O8S2/c1-25(2)37-44(69)59-34(21-27-11-5-4-6-12-27)42(67)56-32(16-10-19-53-46(50)51)40(65)58-35(22-28-23-54-30-14-8-7-13-29(28)30)43(68)60-36(38(47)63)24-71-70-20-17-33(41(66)61-37)57-39(64)31(55-26(3)62)15-9-18-52-45(48)49/h4-8,11-14,23,25,31-37,54H,9-10,15-22,24H2,1-3H3,(H2,47,63)(H,55,62)(H,56,67)(H,57,64)(H,58,65)(H,59,69)(H,60,68)(H,61,66)(H4,48,49,52)(H4,50,51,53)/t31-,32-,33-,34+,35-,36-,37-/m0/s1. The third kappa shape index (κ3) is 19.0. The number of hydrogen-bond donors (Lipinski definition) is 15. The fourth-order valence-electron chi connectivity index (χ4n) is 7.57. The Balaban J connectivity index is 1.75. The molecule has 1 aliphatic rings. The Morgan fingerprint density at radius 3 is 2.00 bits per heavy atom. The largest absolute Gasteiger partial charge is 0.370 e. The number of carbonyl (C=O) groups is 8. The Morgan fingerprint density at radius 1 is 0.732 bits per heavy atom. The Hall–Kier alpha value is -7.02. The summed E-state index contributed by atoms with van der Waals surface area (Å²) in [5.74, 6) is -6.79. The fourth-order valence-corrected chi connectivity index (χ4v) is 9.84. The van der Waals surface area contributed by atoms with Crippen molar-refractivity contribution in [2.24, 2.45) is 23.1 Å². The zero-order valence-electron chi connectivity index (χ0n) is 40.0. The van der Waals surface area contributed by atoms with Gasteiger partial charge in [-0.3, -0.25) is 49.2 Å². The molecular weight excluding hydrogens is 955 g/mol. The summed E-state index contributed by atoms with van der Waals surface area (Å²) in [5, 5.41) is 40.2. The fraction of sp³-hybridized carbons (Fsp3) is 0.478. The quantitative estimate of drug-likeness (QED) is 0.0328. The number of rotatable bonds is 17. The molecule has 4 rings (SSSR count). The summed E-state index contributed by atoms with van der Waals surface area (Å²) < 4.78 is 0. The molecule has 25 heteroatoms. The molecule has 7 atom stereocenters. The Morgan fingerprint density at radius 2 is 1.34 bits per heavy atom. The molecule has 3 aromatic rings. The van der Waals surface area contributed by atoms with E-state index in [9.17, 15) is 38.4 Å². The minimum absolute atomic E-state index is 0.00492. The lowest BCUT2D eigenvalue weighted by atomic mass is 9.99. The van der Waals surface area contributed by atoms with Crippen molar-refractivity contribution in [3.8, 4) is 0 Å². The summed E-state index contributed by atoms with van der Waals surface area (Å²) >= 11 is 0. The minimum Gasteiger partial charge on any atom is -0.370 e. The predicted octanol–water partition coefficient (Wildman–Crippen LogP) is -1.18. The topological polar surface area (TPSA) is 386 Å². The van der Waals surface area contributed by atoms with Gasteiger partial charge in [0.15, 0.2) is 11.9 Å². The third-order valence-electron chi connectivity index (χ3n) is 11.3. The molecule has 2 aromatic carbocycles. The normalized spacial score (nSPS) is 21.4. The summed E-state index contributed by atoms with van der Waals surface area (Å²) in [4.78, 5) is 114. The molecule has 0 bridgehead atoms. The van der Waals surface area contributed by atoms with Crippen molar-refractivity contribution >= 4 is 91.7 Å². The number of aromatic nitrogens is 1. The number of aromatic amines is 1. The highest BCUT2D eigenvalue weighted by atomic mass is 33.1. The monoisotopic (exact) mass is 1020 g/mol. The molecule has 0 saturated carbocycles. The predicted molar refractivity (Wildman–Crippen MR) is 273 cm³/mol. The summed E-state index contributed by atoms with van der Waals surface area (Å²) in [6, 6.07) is 7.40. The first-order valence-corrected chi connectivity index (χ1v) is 25.7. The van der Waals surface area contributed by atoms with Crippen LogP contribution in [0.1, 0.15) is 64.0 Å². The van der Waals surface area contributed by atoms with E-state index in [-0.39, 0.29) is 75.0 Å². The molecule has 23 nitrogen and oxygen atoms in total. The van der Waals surface area contributed by atoms with Gasteiger partial charge in [-0.05, 0) is 55.2 Å². The van der Waals surface area contributed by atoms with Crippen molar-refractivity contribution in [1.82, 2.24) is 52.8 Å². The highest BCUT2D eigenvalue weighted by Crippen LogP contribution is 2.24. The maximum absolute atomic E-state index is 14.5. The van der Waals surface area contributed by atoms with E-state index in [1.807, 2.05) is 24.3 Å². The molecule has 0 radical (unpaired) electrons. The first-order chi connectivity index (χ1) is 33.8. The zero-order valence-corrected chi connectivity index (χ0v) is 41.6. The number of guanidine groups is 2. The lowest BCUT2D eigenvalue weighted by Crippen LogP contribution is -2.61. The van der Waals surface area contributed by atoms with Gasteiger partial charge in [-0.1, -0.05) is 84.0 Å². The van der Waals surface area contributed by atoms with Gasteiger partial charge in [0.25, 0.3) is 0 Å². The van der Waals surface area contributed by atoms with E-state index in [0.717, 1.165) is 21.7 Å². The van der Waals surface area contributed by atoms with Crippen LogP contribution in [0.15, 0.2) is 60.8 Å². The first-order valence-electron chi connectivity index (χ1n) is 23.2. The Kier molecular flexibility index (Phi) is 22.8. The van der Waals surface area contributed by atoms with Crippen molar-refractivity contribution in [3.63, 3.8) is 0 Å². The van der Waals surface area contributed by atoms with Crippen LogP contribution >= 0.6 is 21.6 Å². The van der Waals surface area contributed by atoms with Gasteiger partial charge in [0.1, 0.15) is 42.3 Å². The number of benzene rings is 2. The van der Waals surface area contributed by atoms with Gasteiger partial charge in [-0.15, -0.1) is 0 Å². The van der Waals surface area contributed by atoms with Crippen molar-refractivity contribution in [3.05, 3.63) is 71.9 Å². The second-order valence-electron chi connectivity index (χ2n) is 17.3. The van der Waals surface area contributed by atoms with E-state index < -0.39 is 95.5 Å². The first kappa shape index (κ1) is 56.6. The number of nitrogens with two attached hydrogens (primary N) is 3. The molecule has 71 heavy (non-hydrogen) atoms. The number of primary amides is 1. The summed E-state index contributed by atoms with van der Waals surface area (Å²) in [6.45, 7) is 4.99. The summed E-state index contributed by atoms with van der Waals surface area (Å²) in [5.41, 5.74) is 18.8. The van der Waals surface area contributed by atoms with Gasteiger partial charge in [-0.25, -0.2) is 0 Å². The summed E-state index contributed by atoms with van der Waals surface area (Å²) in [7, 11) is 2.37. The second-order valence-corrected chi connectivity index (χ2v) is 19.9. The van der Waals surface area contributed by atoms with Crippen LogP contribution in [0.2, 0.25) is 0 Å². The van der Waals surface area contributed by atoms with Gasteiger partial charge in [0, 0.05) is 61.5 Å². The Bertz CT molecular complexity index is 2350.